The summed E-state index contributed by atoms with van der Waals surface area (Å²) >= 11 is 12.2. The quantitative estimate of drug-likeness (QED) is 0.570. The monoisotopic (exact) mass is 499 g/mol. The second-order valence-corrected chi connectivity index (χ2v) is 10.2. The molecule has 0 aromatic heterocycles. The zero-order chi connectivity index (χ0) is 24.1. The number of sulfonamides is 1. The minimum Gasteiger partial charge on any atom is -0.355 e. The Morgan fingerprint density at radius 2 is 1.72 bits per heavy atom. The van der Waals surface area contributed by atoms with Gasteiger partial charge in [0.15, 0.2) is 0 Å². The molecule has 1 atom stereocenters. The molecular weight excluding hydrogens is 473 g/mol. The smallest absolute Gasteiger partial charge is 0.244 e. The van der Waals surface area contributed by atoms with E-state index >= 15 is 0 Å². The number of aryl methyl sites for hydroxylation is 1. The van der Waals surface area contributed by atoms with E-state index in [-0.39, 0.29) is 12.5 Å². The van der Waals surface area contributed by atoms with Crippen LogP contribution in [0.2, 0.25) is 10.0 Å². The van der Waals surface area contributed by atoms with Crippen LogP contribution >= 0.6 is 23.2 Å². The summed E-state index contributed by atoms with van der Waals surface area (Å²) in [5, 5.41) is 3.48. The maximum absolute atomic E-state index is 13.3. The van der Waals surface area contributed by atoms with Gasteiger partial charge in [-0.15, -0.1) is 0 Å². The number of nitrogens with zero attached hydrogens (tertiary/aromatic N) is 2. The Kier molecular flexibility index (Phi) is 8.95. The number of amides is 2. The molecule has 2 amide bonds. The molecule has 0 aliphatic rings. The van der Waals surface area contributed by atoms with Crippen LogP contribution in [0.5, 0.6) is 0 Å². The van der Waals surface area contributed by atoms with E-state index in [2.05, 4.69) is 5.32 Å². The van der Waals surface area contributed by atoms with Crippen molar-refractivity contribution in [1.29, 1.82) is 0 Å². The van der Waals surface area contributed by atoms with Crippen LogP contribution < -0.4 is 9.62 Å². The van der Waals surface area contributed by atoms with E-state index in [1.165, 1.54) is 4.90 Å². The Labute approximate surface area is 199 Å². The van der Waals surface area contributed by atoms with Crippen molar-refractivity contribution in [2.75, 3.05) is 23.7 Å². The maximum atomic E-state index is 13.3. The third kappa shape index (κ3) is 6.85. The van der Waals surface area contributed by atoms with Crippen molar-refractivity contribution in [2.24, 2.45) is 0 Å². The molecular formula is C22H27Cl2N3O4S. The third-order valence-electron chi connectivity index (χ3n) is 4.88. The topological polar surface area (TPSA) is 86.8 Å². The Morgan fingerprint density at radius 3 is 2.25 bits per heavy atom. The zero-order valence-corrected chi connectivity index (χ0v) is 20.8. The molecule has 0 aliphatic heterocycles. The van der Waals surface area contributed by atoms with E-state index in [9.17, 15) is 18.0 Å². The fourth-order valence-corrected chi connectivity index (χ4v) is 4.38. The number of rotatable bonds is 9. The van der Waals surface area contributed by atoms with Gasteiger partial charge in [-0.05, 0) is 50.6 Å². The number of carbonyl (C=O) groups is 2. The Morgan fingerprint density at radius 1 is 1.09 bits per heavy atom. The lowest BCUT2D eigenvalue weighted by atomic mass is 10.1. The summed E-state index contributed by atoms with van der Waals surface area (Å²) in [6, 6.07) is 10.8. The minimum atomic E-state index is -3.76. The number of hydrogen-bond donors (Lipinski definition) is 1. The van der Waals surface area contributed by atoms with E-state index in [0.29, 0.717) is 27.8 Å². The molecule has 0 saturated heterocycles. The summed E-state index contributed by atoms with van der Waals surface area (Å²) in [7, 11) is -3.76. The summed E-state index contributed by atoms with van der Waals surface area (Å²) in [5.41, 5.74) is 1.90. The van der Waals surface area contributed by atoms with Crippen LogP contribution in [0.15, 0.2) is 42.5 Å². The molecule has 0 saturated carbocycles. The molecule has 1 N–H and O–H groups in total. The first-order valence-corrected chi connectivity index (χ1v) is 12.6. The fourth-order valence-electron chi connectivity index (χ4n) is 3.06. The summed E-state index contributed by atoms with van der Waals surface area (Å²) in [6.45, 7) is 5.19. The predicted octanol–water partition coefficient (Wildman–Crippen LogP) is 3.62. The molecule has 0 fully saturated rings. The lowest BCUT2D eigenvalue weighted by Gasteiger charge is -2.31. The SMILES string of the molecule is CCNC(=O)C(C)N(Cc1ccc(Cl)cc1Cl)C(=O)CN(c1ccc(C)cc1)S(C)(=O)=O. The zero-order valence-electron chi connectivity index (χ0n) is 18.4. The predicted molar refractivity (Wildman–Crippen MR) is 129 cm³/mol. The molecule has 7 nitrogen and oxygen atoms in total. The van der Waals surface area contributed by atoms with Crippen LogP contribution in [0.25, 0.3) is 0 Å². The van der Waals surface area contributed by atoms with E-state index in [4.69, 9.17) is 23.2 Å². The van der Waals surface area contributed by atoms with Crippen LogP contribution in [0.4, 0.5) is 5.69 Å². The summed E-state index contributed by atoms with van der Waals surface area (Å²) < 4.78 is 26.0. The first-order valence-electron chi connectivity index (χ1n) is 9.99. The van der Waals surface area contributed by atoms with E-state index < -0.39 is 28.5 Å². The normalized spacial score (nSPS) is 12.2. The highest BCUT2D eigenvalue weighted by atomic mass is 35.5. The molecule has 2 aromatic carbocycles. The second kappa shape index (κ2) is 11.0. The third-order valence-corrected chi connectivity index (χ3v) is 6.60. The lowest BCUT2D eigenvalue weighted by Crippen LogP contribution is -2.51. The van der Waals surface area contributed by atoms with Crippen LogP contribution in [-0.4, -0.2) is 50.5 Å². The molecule has 0 radical (unpaired) electrons. The molecule has 0 heterocycles. The van der Waals surface area contributed by atoms with Gasteiger partial charge in [-0.3, -0.25) is 13.9 Å². The summed E-state index contributed by atoms with van der Waals surface area (Å²) in [6.07, 6.45) is 1.04. The van der Waals surface area contributed by atoms with E-state index in [0.717, 1.165) is 16.1 Å². The van der Waals surface area contributed by atoms with Crippen molar-refractivity contribution in [3.05, 3.63) is 63.6 Å². The fraction of sp³-hybridized carbons (Fsp3) is 0.364. The van der Waals surface area contributed by atoms with Gasteiger partial charge < -0.3 is 10.2 Å². The average Bonchev–Trinajstić information content (AvgIpc) is 2.71. The summed E-state index contributed by atoms with van der Waals surface area (Å²) in [4.78, 5) is 27.2. The minimum absolute atomic E-state index is 0.0125. The van der Waals surface area contributed by atoms with Crippen molar-refractivity contribution >= 4 is 50.7 Å². The highest BCUT2D eigenvalue weighted by Crippen LogP contribution is 2.24. The lowest BCUT2D eigenvalue weighted by molar-refractivity contribution is -0.139. The molecule has 0 bridgehead atoms. The molecule has 174 valence electrons. The Balaban J connectivity index is 2.40. The molecule has 2 rings (SSSR count). The first kappa shape index (κ1) is 26.0. The van der Waals surface area contributed by atoms with Gasteiger partial charge in [0.2, 0.25) is 21.8 Å². The van der Waals surface area contributed by atoms with Gasteiger partial charge in [0.25, 0.3) is 0 Å². The number of halogens is 2. The highest BCUT2D eigenvalue weighted by Gasteiger charge is 2.30. The number of anilines is 1. The van der Waals surface area contributed by atoms with Gasteiger partial charge in [-0.25, -0.2) is 8.42 Å². The first-order chi connectivity index (χ1) is 14.9. The number of hydrogen-bond acceptors (Lipinski definition) is 4. The molecule has 1 unspecified atom stereocenters. The van der Waals surface area contributed by atoms with Gasteiger partial charge in [0, 0.05) is 23.1 Å². The molecule has 32 heavy (non-hydrogen) atoms. The van der Waals surface area contributed by atoms with Crippen molar-refractivity contribution in [3.8, 4) is 0 Å². The van der Waals surface area contributed by atoms with Gasteiger partial charge in [0.05, 0.1) is 11.9 Å². The standard InChI is InChI=1S/C22H27Cl2N3O4S/c1-5-25-22(29)16(3)26(13-17-8-9-18(23)12-20(17)24)21(28)14-27(32(4,30)31)19-10-6-15(2)7-11-19/h6-12,16H,5,13-14H2,1-4H3,(H,25,29). The van der Waals surface area contributed by atoms with Gasteiger partial charge in [-0.1, -0.05) is 47.0 Å². The van der Waals surface area contributed by atoms with Gasteiger partial charge in [-0.2, -0.15) is 0 Å². The summed E-state index contributed by atoms with van der Waals surface area (Å²) in [5.74, 6) is -0.895. The molecule has 0 aliphatic carbocycles. The van der Waals surface area contributed by atoms with Crippen LogP contribution in [0.3, 0.4) is 0 Å². The second-order valence-electron chi connectivity index (χ2n) is 7.43. The van der Waals surface area contributed by atoms with Crippen molar-refractivity contribution in [2.45, 2.75) is 33.4 Å². The van der Waals surface area contributed by atoms with Crippen LogP contribution in [0, 0.1) is 6.92 Å². The number of carbonyl (C=O) groups excluding carboxylic acids is 2. The average molecular weight is 500 g/mol. The molecule has 2 aromatic rings. The van der Waals surface area contributed by atoms with Crippen molar-refractivity contribution < 1.29 is 18.0 Å². The van der Waals surface area contributed by atoms with E-state index in [1.54, 1.807) is 56.3 Å². The Bertz CT molecular complexity index is 1080. The van der Waals surface area contributed by atoms with Crippen LogP contribution in [0.1, 0.15) is 25.0 Å². The Hall–Kier alpha value is -2.29. The van der Waals surface area contributed by atoms with Gasteiger partial charge in [0.1, 0.15) is 12.6 Å². The number of nitrogens with one attached hydrogen (secondary N) is 1. The van der Waals surface area contributed by atoms with E-state index in [1.807, 2.05) is 6.92 Å². The maximum Gasteiger partial charge on any atom is 0.244 e. The highest BCUT2D eigenvalue weighted by molar-refractivity contribution is 7.92. The van der Waals surface area contributed by atoms with Crippen molar-refractivity contribution in [3.63, 3.8) is 0 Å². The van der Waals surface area contributed by atoms with Crippen molar-refractivity contribution in [1.82, 2.24) is 10.2 Å². The number of benzene rings is 2. The largest absolute Gasteiger partial charge is 0.355 e. The molecule has 0 spiro atoms. The number of likely N-dealkylation sites (N-methyl/N-ethyl adjacent to an activating group) is 1. The molecule has 10 heteroatoms. The van der Waals surface area contributed by atoms with Gasteiger partial charge >= 0.3 is 0 Å². The van der Waals surface area contributed by atoms with Crippen LogP contribution in [-0.2, 0) is 26.2 Å².